The van der Waals surface area contributed by atoms with E-state index in [-0.39, 0.29) is 29.6 Å². The van der Waals surface area contributed by atoms with Crippen molar-refractivity contribution in [1.82, 2.24) is 0 Å². The molecule has 132 valence electrons. The number of imide groups is 1. The van der Waals surface area contributed by atoms with E-state index in [4.69, 9.17) is 0 Å². The summed E-state index contributed by atoms with van der Waals surface area (Å²) in [5, 5.41) is 2.83. The highest BCUT2D eigenvalue weighted by Gasteiger charge is 2.48. The molecule has 5 nitrogen and oxygen atoms in total. The monoisotopic (exact) mass is 348 g/mol. The maximum atomic E-state index is 12.7. The summed E-state index contributed by atoms with van der Waals surface area (Å²) in [4.78, 5) is 39.1. The molecule has 2 fully saturated rings. The standard InChI is InChI=1S/C21H20N2O3/c24-19(14-7-2-1-3-8-14)22-15-9-6-10-16(13-15)23-20(25)17-11-4-5-12-18(17)21(23)26/h1-3,6-10,13,17-18H,4-5,11-12H2,(H,22,24)/t17-,18+. The van der Waals surface area contributed by atoms with Gasteiger partial charge in [-0.25, -0.2) is 4.90 Å². The predicted octanol–water partition coefficient (Wildman–Crippen LogP) is 3.62. The van der Waals surface area contributed by atoms with Crippen LogP contribution in [0.1, 0.15) is 36.0 Å². The van der Waals surface area contributed by atoms with Gasteiger partial charge in [0.2, 0.25) is 11.8 Å². The molecule has 0 radical (unpaired) electrons. The molecule has 4 rings (SSSR count). The van der Waals surface area contributed by atoms with Crippen LogP contribution in [0.3, 0.4) is 0 Å². The molecule has 2 atom stereocenters. The number of benzene rings is 2. The molecule has 1 saturated heterocycles. The quantitative estimate of drug-likeness (QED) is 0.862. The highest BCUT2D eigenvalue weighted by molar-refractivity contribution is 6.22. The molecule has 2 aromatic carbocycles. The second kappa shape index (κ2) is 6.75. The van der Waals surface area contributed by atoms with Gasteiger partial charge in [-0.15, -0.1) is 0 Å². The van der Waals surface area contributed by atoms with Crippen molar-refractivity contribution in [2.45, 2.75) is 25.7 Å². The van der Waals surface area contributed by atoms with Crippen LogP contribution in [0.25, 0.3) is 0 Å². The van der Waals surface area contributed by atoms with E-state index in [1.54, 1.807) is 48.5 Å². The second-order valence-corrected chi connectivity index (χ2v) is 6.88. The van der Waals surface area contributed by atoms with Crippen molar-refractivity contribution in [2.75, 3.05) is 10.2 Å². The number of carbonyl (C=O) groups excluding carboxylic acids is 3. The zero-order valence-corrected chi connectivity index (χ0v) is 14.4. The number of amides is 3. The van der Waals surface area contributed by atoms with Crippen LogP contribution < -0.4 is 10.2 Å². The number of rotatable bonds is 3. The van der Waals surface area contributed by atoms with Crippen LogP contribution >= 0.6 is 0 Å². The van der Waals surface area contributed by atoms with E-state index >= 15 is 0 Å². The fourth-order valence-corrected chi connectivity index (χ4v) is 3.93. The molecule has 2 aliphatic rings. The van der Waals surface area contributed by atoms with Crippen LogP contribution in [-0.2, 0) is 9.59 Å². The molecule has 26 heavy (non-hydrogen) atoms. The first-order valence-corrected chi connectivity index (χ1v) is 8.99. The predicted molar refractivity (Wildman–Crippen MR) is 98.8 cm³/mol. The van der Waals surface area contributed by atoms with Gasteiger partial charge in [-0.1, -0.05) is 37.1 Å². The average molecular weight is 348 g/mol. The van der Waals surface area contributed by atoms with Crippen molar-refractivity contribution < 1.29 is 14.4 Å². The number of hydrogen-bond acceptors (Lipinski definition) is 3. The molecule has 2 aromatic rings. The molecule has 1 aliphatic carbocycles. The van der Waals surface area contributed by atoms with Crippen molar-refractivity contribution in [2.24, 2.45) is 11.8 Å². The third-order valence-electron chi connectivity index (χ3n) is 5.24. The van der Waals surface area contributed by atoms with Gasteiger partial charge in [0.1, 0.15) is 0 Å². The van der Waals surface area contributed by atoms with Gasteiger partial charge in [0, 0.05) is 11.3 Å². The number of carbonyl (C=O) groups is 3. The molecule has 1 N–H and O–H groups in total. The van der Waals surface area contributed by atoms with E-state index < -0.39 is 0 Å². The number of nitrogens with one attached hydrogen (secondary N) is 1. The summed E-state index contributed by atoms with van der Waals surface area (Å²) in [5.74, 6) is -0.800. The maximum absolute atomic E-state index is 12.7. The molecule has 1 heterocycles. The normalized spacial score (nSPS) is 22.2. The Morgan fingerprint density at radius 1 is 0.885 bits per heavy atom. The van der Waals surface area contributed by atoms with E-state index in [9.17, 15) is 14.4 Å². The van der Waals surface area contributed by atoms with Crippen LogP contribution in [-0.4, -0.2) is 17.7 Å². The van der Waals surface area contributed by atoms with E-state index in [0.717, 1.165) is 25.7 Å². The van der Waals surface area contributed by atoms with Crippen molar-refractivity contribution in [3.63, 3.8) is 0 Å². The Bertz CT molecular complexity index is 839. The van der Waals surface area contributed by atoms with E-state index in [2.05, 4.69) is 5.32 Å². The van der Waals surface area contributed by atoms with Gasteiger partial charge in [0.15, 0.2) is 0 Å². The van der Waals surface area contributed by atoms with Gasteiger partial charge in [-0.05, 0) is 43.2 Å². The summed E-state index contributed by atoms with van der Waals surface area (Å²) >= 11 is 0. The van der Waals surface area contributed by atoms with Crippen molar-refractivity contribution >= 4 is 29.1 Å². The Morgan fingerprint density at radius 3 is 2.19 bits per heavy atom. The third-order valence-corrected chi connectivity index (χ3v) is 5.24. The molecule has 0 aromatic heterocycles. The largest absolute Gasteiger partial charge is 0.322 e. The minimum absolute atomic E-state index is 0.105. The number of anilines is 2. The summed E-state index contributed by atoms with van der Waals surface area (Å²) in [7, 11) is 0. The second-order valence-electron chi connectivity index (χ2n) is 6.88. The minimum Gasteiger partial charge on any atom is -0.322 e. The van der Waals surface area contributed by atoms with Gasteiger partial charge in [0.05, 0.1) is 17.5 Å². The maximum Gasteiger partial charge on any atom is 0.255 e. The van der Waals surface area contributed by atoms with Gasteiger partial charge < -0.3 is 5.32 Å². The topological polar surface area (TPSA) is 66.5 Å². The first-order chi connectivity index (χ1) is 12.6. The van der Waals surface area contributed by atoms with Crippen LogP contribution in [0.5, 0.6) is 0 Å². The summed E-state index contributed by atoms with van der Waals surface area (Å²) in [6.45, 7) is 0. The zero-order valence-electron chi connectivity index (χ0n) is 14.4. The number of nitrogens with zero attached hydrogens (tertiary/aromatic N) is 1. The van der Waals surface area contributed by atoms with Crippen molar-refractivity contribution in [3.05, 3.63) is 60.2 Å². The molecular weight excluding hydrogens is 328 g/mol. The molecule has 5 heteroatoms. The fourth-order valence-electron chi connectivity index (χ4n) is 3.93. The average Bonchev–Trinajstić information content (AvgIpc) is 2.94. The van der Waals surface area contributed by atoms with Crippen LogP contribution in [0.2, 0.25) is 0 Å². The molecule has 0 unspecified atom stereocenters. The Balaban J connectivity index is 1.57. The van der Waals surface area contributed by atoms with Gasteiger partial charge in [-0.2, -0.15) is 0 Å². The van der Waals surface area contributed by atoms with Gasteiger partial charge in [-0.3, -0.25) is 14.4 Å². The lowest BCUT2D eigenvalue weighted by Crippen LogP contribution is -2.30. The summed E-state index contributed by atoms with van der Waals surface area (Å²) in [5.41, 5.74) is 1.64. The Labute approximate surface area is 152 Å². The lowest BCUT2D eigenvalue weighted by Gasteiger charge is -2.19. The SMILES string of the molecule is O=C(Nc1cccc(N2C(=O)[C@H]3CCCC[C@H]3C2=O)c1)c1ccccc1. The first-order valence-electron chi connectivity index (χ1n) is 8.99. The third kappa shape index (κ3) is 2.90. The lowest BCUT2D eigenvalue weighted by molar-refractivity contribution is -0.122. The molecule has 3 amide bonds. The van der Waals surface area contributed by atoms with Crippen LogP contribution in [0, 0.1) is 11.8 Å². The van der Waals surface area contributed by atoms with Crippen molar-refractivity contribution in [3.8, 4) is 0 Å². The smallest absolute Gasteiger partial charge is 0.255 e. The molecule has 0 spiro atoms. The van der Waals surface area contributed by atoms with E-state index in [1.165, 1.54) is 4.90 Å². The van der Waals surface area contributed by atoms with Gasteiger partial charge in [0.25, 0.3) is 5.91 Å². The molecular formula is C21H20N2O3. The minimum atomic E-state index is -0.226. The van der Waals surface area contributed by atoms with Crippen LogP contribution in [0.4, 0.5) is 11.4 Å². The molecule has 0 bridgehead atoms. The van der Waals surface area contributed by atoms with Gasteiger partial charge >= 0.3 is 0 Å². The number of hydrogen-bond donors (Lipinski definition) is 1. The van der Waals surface area contributed by atoms with Crippen LogP contribution in [0.15, 0.2) is 54.6 Å². The fraction of sp³-hybridized carbons (Fsp3) is 0.286. The Hall–Kier alpha value is -2.95. The van der Waals surface area contributed by atoms with E-state index in [0.29, 0.717) is 16.9 Å². The summed E-state index contributed by atoms with van der Waals surface area (Å²) in [6.07, 6.45) is 3.58. The Kier molecular flexibility index (Phi) is 4.29. The highest BCUT2D eigenvalue weighted by Crippen LogP contribution is 2.40. The Morgan fingerprint density at radius 2 is 1.54 bits per heavy atom. The first kappa shape index (κ1) is 16.5. The summed E-state index contributed by atoms with van der Waals surface area (Å²) < 4.78 is 0. The number of fused-ring (bicyclic) bond motifs is 1. The molecule has 1 saturated carbocycles. The van der Waals surface area contributed by atoms with Crippen molar-refractivity contribution in [1.29, 1.82) is 0 Å². The lowest BCUT2D eigenvalue weighted by atomic mass is 9.81. The zero-order chi connectivity index (χ0) is 18.1. The van der Waals surface area contributed by atoms with E-state index in [1.807, 2.05) is 6.07 Å². The highest BCUT2D eigenvalue weighted by atomic mass is 16.2. The summed E-state index contributed by atoms with van der Waals surface area (Å²) in [6, 6.07) is 15.8. The molecule has 1 aliphatic heterocycles.